The van der Waals surface area contributed by atoms with Crippen molar-refractivity contribution in [2.24, 2.45) is 4.99 Å². The zero-order chi connectivity index (χ0) is 16.3. The summed E-state index contributed by atoms with van der Waals surface area (Å²) in [6, 6.07) is 3.58. The Morgan fingerprint density at radius 1 is 1.33 bits per heavy atom. The van der Waals surface area contributed by atoms with Gasteiger partial charge in [-0.05, 0) is 44.2 Å². The van der Waals surface area contributed by atoms with Crippen molar-refractivity contribution in [2.75, 3.05) is 25.5 Å². The van der Waals surface area contributed by atoms with Crippen LogP contribution in [0.1, 0.15) is 32.1 Å². The lowest BCUT2D eigenvalue weighted by molar-refractivity contribution is -0.115. The second kappa shape index (κ2) is 11.8. The van der Waals surface area contributed by atoms with Gasteiger partial charge < -0.3 is 16.0 Å². The first kappa shape index (κ1) is 20.4. The SMILES string of the molecule is CN=C(NCCC1=CCCCC1)NCC(=O)Nc1cccnc1.I. The zero-order valence-corrected chi connectivity index (χ0v) is 16.4. The predicted molar refractivity (Wildman–Crippen MR) is 109 cm³/mol. The van der Waals surface area contributed by atoms with Crippen LogP contribution < -0.4 is 16.0 Å². The molecule has 1 amide bonds. The van der Waals surface area contributed by atoms with E-state index in [1.54, 1.807) is 31.6 Å². The van der Waals surface area contributed by atoms with Crippen LogP contribution in [0.25, 0.3) is 0 Å². The van der Waals surface area contributed by atoms with Crippen LogP contribution in [-0.4, -0.2) is 37.0 Å². The summed E-state index contributed by atoms with van der Waals surface area (Å²) in [7, 11) is 1.70. The van der Waals surface area contributed by atoms with Crippen molar-refractivity contribution in [3.8, 4) is 0 Å². The highest BCUT2D eigenvalue weighted by Gasteiger charge is 2.06. The van der Waals surface area contributed by atoms with Gasteiger partial charge >= 0.3 is 0 Å². The molecule has 0 radical (unpaired) electrons. The Morgan fingerprint density at radius 3 is 2.88 bits per heavy atom. The molecule has 0 bridgehead atoms. The molecule has 3 N–H and O–H groups in total. The lowest BCUT2D eigenvalue weighted by Gasteiger charge is -2.15. The van der Waals surface area contributed by atoms with Crippen LogP contribution >= 0.6 is 24.0 Å². The molecule has 6 nitrogen and oxygen atoms in total. The number of aliphatic imine (C=N–C) groups is 1. The number of nitrogens with one attached hydrogen (secondary N) is 3. The van der Waals surface area contributed by atoms with E-state index in [4.69, 9.17) is 0 Å². The van der Waals surface area contributed by atoms with E-state index in [0.717, 1.165) is 13.0 Å². The van der Waals surface area contributed by atoms with Crippen molar-refractivity contribution in [1.82, 2.24) is 15.6 Å². The van der Waals surface area contributed by atoms with E-state index in [1.165, 1.54) is 31.3 Å². The van der Waals surface area contributed by atoms with E-state index in [9.17, 15) is 4.79 Å². The molecule has 132 valence electrons. The Hall–Kier alpha value is -1.64. The van der Waals surface area contributed by atoms with Gasteiger partial charge in [-0.3, -0.25) is 14.8 Å². The van der Waals surface area contributed by atoms with Crippen molar-refractivity contribution in [2.45, 2.75) is 32.1 Å². The number of anilines is 1. The van der Waals surface area contributed by atoms with Crippen molar-refractivity contribution >= 4 is 41.5 Å². The average Bonchev–Trinajstić information content (AvgIpc) is 2.59. The number of hydrogen-bond donors (Lipinski definition) is 3. The maximum Gasteiger partial charge on any atom is 0.243 e. The van der Waals surface area contributed by atoms with Gasteiger partial charge in [-0.1, -0.05) is 11.6 Å². The number of carbonyl (C=O) groups is 1. The fourth-order valence-corrected chi connectivity index (χ4v) is 2.50. The van der Waals surface area contributed by atoms with Crippen molar-refractivity contribution in [3.63, 3.8) is 0 Å². The molecule has 0 saturated heterocycles. The van der Waals surface area contributed by atoms with Crippen molar-refractivity contribution in [3.05, 3.63) is 36.2 Å². The molecule has 0 aromatic carbocycles. The summed E-state index contributed by atoms with van der Waals surface area (Å²) in [4.78, 5) is 20.0. The van der Waals surface area contributed by atoms with Crippen LogP contribution in [0.2, 0.25) is 0 Å². The molecule has 7 heteroatoms. The van der Waals surface area contributed by atoms with Gasteiger partial charge in [0.05, 0.1) is 18.4 Å². The highest BCUT2D eigenvalue weighted by atomic mass is 127. The minimum atomic E-state index is -0.129. The molecule has 2 rings (SSSR count). The Balaban J connectivity index is 0.00000288. The van der Waals surface area contributed by atoms with Gasteiger partial charge in [0.15, 0.2) is 5.96 Å². The van der Waals surface area contributed by atoms with Gasteiger partial charge in [0.1, 0.15) is 0 Å². The number of hydrogen-bond acceptors (Lipinski definition) is 3. The van der Waals surface area contributed by atoms with Gasteiger partial charge in [-0.15, -0.1) is 24.0 Å². The van der Waals surface area contributed by atoms with Crippen LogP contribution in [-0.2, 0) is 4.79 Å². The Bertz CT molecular complexity index is 559. The molecule has 1 aliphatic rings. The number of allylic oxidation sites excluding steroid dienone is 1. The van der Waals surface area contributed by atoms with Crippen molar-refractivity contribution in [1.29, 1.82) is 0 Å². The Morgan fingerprint density at radius 2 is 2.21 bits per heavy atom. The van der Waals surface area contributed by atoms with E-state index < -0.39 is 0 Å². The first-order chi connectivity index (χ1) is 11.3. The van der Waals surface area contributed by atoms with Gasteiger partial charge in [-0.2, -0.15) is 0 Å². The lowest BCUT2D eigenvalue weighted by atomic mass is 9.97. The second-order valence-electron chi connectivity index (χ2n) is 5.50. The molecule has 1 heterocycles. The van der Waals surface area contributed by atoms with E-state index in [-0.39, 0.29) is 36.4 Å². The molecule has 0 spiro atoms. The molecule has 1 aliphatic carbocycles. The van der Waals surface area contributed by atoms with Gasteiger partial charge in [0.25, 0.3) is 0 Å². The van der Waals surface area contributed by atoms with Gasteiger partial charge in [0, 0.05) is 19.8 Å². The molecule has 0 atom stereocenters. The van der Waals surface area contributed by atoms with Crippen molar-refractivity contribution < 1.29 is 4.79 Å². The number of pyridine rings is 1. The number of nitrogens with zero attached hydrogens (tertiary/aromatic N) is 2. The number of carbonyl (C=O) groups excluding carboxylic acids is 1. The predicted octanol–water partition coefficient (Wildman–Crippen LogP) is 2.69. The fourth-order valence-electron chi connectivity index (χ4n) is 2.50. The summed E-state index contributed by atoms with van der Waals surface area (Å²) in [6.07, 6.45) is 11.7. The van der Waals surface area contributed by atoms with E-state index in [2.05, 4.69) is 32.0 Å². The lowest BCUT2D eigenvalue weighted by Crippen LogP contribution is -2.41. The number of rotatable bonds is 6. The highest BCUT2D eigenvalue weighted by Crippen LogP contribution is 2.19. The average molecular weight is 443 g/mol. The van der Waals surface area contributed by atoms with Crippen LogP contribution in [0.15, 0.2) is 41.2 Å². The molecular formula is C17H26IN5O. The third-order valence-corrected chi connectivity index (χ3v) is 3.71. The highest BCUT2D eigenvalue weighted by molar-refractivity contribution is 14.0. The van der Waals surface area contributed by atoms with Crippen LogP contribution in [0, 0.1) is 0 Å². The fraction of sp³-hybridized carbons (Fsp3) is 0.471. The third kappa shape index (κ3) is 7.76. The number of amides is 1. The number of guanidine groups is 1. The number of aromatic nitrogens is 1. The monoisotopic (exact) mass is 443 g/mol. The summed E-state index contributed by atoms with van der Waals surface area (Å²) in [5.41, 5.74) is 2.21. The van der Waals surface area contributed by atoms with Crippen LogP contribution in [0.5, 0.6) is 0 Å². The van der Waals surface area contributed by atoms with Crippen LogP contribution in [0.3, 0.4) is 0 Å². The summed E-state index contributed by atoms with van der Waals surface area (Å²) in [5.74, 6) is 0.513. The standard InChI is InChI=1S/C17H25N5O.HI/c1-18-17(20-11-9-14-6-3-2-4-7-14)21-13-16(23)22-15-8-5-10-19-12-15;/h5-6,8,10,12H,2-4,7,9,11,13H2,1H3,(H,22,23)(H2,18,20,21);1H. The zero-order valence-electron chi connectivity index (χ0n) is 14.0. The molecule has 24 heavy (non-hydrogen) atoms. The minimum absolute atomic E-state index is 0. The van der Waals surface area contributed by atoms with Gasteiger partial charge in [-0.25, -0.2) is 0 Å². The van der Waals surface area contributed by atoms with E-state index in [1.807, 2.05) is 0 Å². The second-order valence-corrected chi connectivity index (χ2v) is 5.50. The maximum atomic E-state index is 11.9. The summed E-state index contributed by atoms with van der Waals surface area (Å²) >= 11 is 0. The first-order valence-electron chi connectivity index (χ1n) is 8.10. The molecule has 0 saturated carbocycles. The summed E-state index contributed by atoms with van der Waals surface area (Å²) in [5, 5.41) is 9.03. The molecule has 0 aliphatic heterocycles. The minimum Gasteiger partial charge on any atom is -0.356 e. The van der Waals surface area contributed by atoms with Crippen LogP contribution in [0.4, 0.5) is 5.69 Å². The third-order valence-electron chi connectivity index (χ3n) is 3.71. The first-order valence-corrected chi connectivity index (χ1v) is 8.10. The summed E-state index contributed by atoms with van der Waals surface area (Å²) < 4.78 is 0. The van der Waals surface area contributed by atoms with Gasteiger partial charge in [0.2, 0.25) is 5.91 Å². The maximum absolute atomic E-state index is 11.9. The molecule has 1 aromatic rings. The quantitative estimate of drug-likeness (QED) is 0.274. The molecule has 0 unspecified atom stereocenters. The topological polar surface area (TPSA) is 78.4 Å². The smallest absolute Gasteiger partial charge is 0.243 e. The normalized spacial score (nSPS) is 14.2. The summed E-state index contributed by atoms with van der Waals surface area (Å²) in [6.45, 7) is 0.993. The molecule has 0 fully saturated rings. The number of halogens is 1. The molecule has 1 aromatic heterocycles. The molecular weight excluding hydrogens is 417 g/mol. The van der Waals surface area contributed by atoms with E-state index in [0.29, 0.717) is 11.6 Å². The Kier molecular flexibility index (Phi) is 10.1. The Labute approximate surface area is 160 Å². The van der Waals surface area contributed by atoms with E-state index >= 15 is 0 Å². The largest absolute Gasteiger partial charge is 0.356 e.